The van der Waals surface area contributed by atoms with Gasteiger partial charge in [0.05, 0.1) is 0 Å². The van der Waals surface area contributed by atoms with Crippen molar-refractivity contribution in [3.63, 3.8) is 0 Å². The predicted octanol–water partition coefficient (Wildman–Crippen LogP) is 4.91. The summed E-state index contributed by atoms with van der Waals surface area (Å²) >= 11 is 9.80. The minimum Gasteiger partial charge on any atom is -0.313 e. The molecular weight excluding hydrogens is 322 g/mol. The summed E-state index contributed by atoms with van der Waals surface area (Å²) in [6.07, 6.45) is 0.924. The van der Waals surface area contributed by atoms with Gasteiger partial charge in [0.15, 0.2) is 0 Å². The quantitative estimate of drug-likeness (QED) is 0.835. The third-order valence-electron chi connectivity index (χ3n) is 3.24. The monoisotopic (exact) mass is 337 g/mol. The summed E-state index contributed by atoms with van der Waals surface area (Å²) in [5.74, 6) is 0. The first-order valence-corrected chi connectivity index (χ1v) is 7.45. The van der Waals surface area contributed by atoms with E-state index in [1.807, 2.05) is 19.2 Å². The number of hydrogen-bond acceptors (Lipinski definition) is 1. The van der Waals surface area contributed by atoms with Crippen LogP contribution in [0.3, 0.4) is 0 Å². The molecule has 100 valence electrons. The molecule has 0 aliphatic rings. The molecule has 0 fully saturated rings. The van der Waals surface area contributed by atoms with Crippen LogP contribution in [0, 0.1) is 6.92 Å². The van der Waals surface area contributed by atoms with Crippen LogP contribution in [0.1, 0.15) is 22.7 Å². The molecule has 0 aromatic heterocycles. The summed E-state index contributed by atoms with van der Waals surface area (Å²) in [4.78, 5) is 0. The van der Waals surface area contributed by atoms with Gasteiger partial charge in [-0.25, -0.2) is 0 Å². The van der Waals surface area contributed by atoms with Crippen molar-refractivity contribution in [3.8, 4) is 0 Å². The first-order chi connectivity index (χ1) is 9.10. The Morgan fingerprint density at radius 2 is 1.84 bits per heavy atom. The third-order valence-corrected chi connectivity index (χ3v) is 4.08. The van der Waals surface area contributed by atoms with Crippen LogP contribution in [-0.4, -0.2) is 7.05 Å². The third kappa shape index (κ3) is 3.82. The number of rotatable bonds is 4. The predicted molar refractivity (Wildman–Crippen MR) is 85.8 cm³/mol. The Kier molecular flexibility index (Phi) is 5.03. The minimum absolute atomic E-state index is 0.215. The molecule has 0 aliphatic carbocycles. The van der Waals surface area contributed by atoms with E-state index in [1.165, 1.54) is 11.1 Å². The zero-order valence-electron chi connectivity index (χ0n) is 11.1. The second-order valence-electron chi connectivity index (χ2n) is 4.70. The van der Waals surface area contributed by atoms with Gasteiger partial charge in [-0.15, -0.1) is 0 Å². The SMILES string of the molecule is CNC(Cc1ccc(C)cc1)c1cc(Br)ccc1Cl. The van der Waals surface area contributed by atoms with E-state index in [2.05, 4.69) is 58.5 Å². The lowest BCUT2D eigenvalue weighted by Gasteiger charge is -2.18. The van der Waals surface area contributed by atoms with Gasteiger partial charge in [0.25, 0.3) is 0 Å². The van der Waals surface area contributed by atoms with Crippen molar-refractivity contribution in [2.45, 2.75) is 19.4 Å². The van der Waals surface area contributed by atoms with Crippen molar-refractivity contribution in [2.75, 3.05) is 7.05 Å². The van der Waals surface area contributed by atoms with Crippen LogP contribution in [0.15, 0.2) is 46.9 Å². The van der Waals surface area contributed by atoms with Crippen molar-refractivity contribution in [3.05, 3.63) is 68.7 Å². The molecule has 0 aliphatic heterocycles. The van der Waals surface area contributed by atoms with Gasteiger partial charge >= 0.3 is 0 Å². The number of likely N-dealkylation sites (N-methyl/N-ethyl adjacent to an activating group) is 1. The van der Waals surface area contributed by atoms with Gasteiger partial charge in [0.2, 0.25) is 0 Å². The highest BCUT2D eigenvalue weighted by Crippen LogP contribution is 2.28. The van der Waals surface area contributed by atoms with E-state index in [9.17, 15) is 0 Å². The zero-order valence-corrected chi connectivity index (χ0v) is 13.4. The Morgan fingerprint density at radius 3 is 2.47 bits per heavy atom. The van der Waals surface area contributed by atoms with Gasteiger partial charge < -0.3 is 5.32 Å². The van der Waals surface area contributed by atoms with Crippen molar-refractivity contribution < 1.29 is 0 Å². The Bertz CT molecular complexity index is 551. The Labute approximate surface area is 128 Å². The van der Waals surface area contributed by atoms with E-state index >= 15 is 0 Å². The van der Waals surface area contributed by atoms with Crippen LogP contribution in [0.25, 0.3) is 0 Å². The van der Waals surface area contributed by atoms with Gasteiger partial charge in [-0.05, 0) is 49.7 Å². The van der Waals surface area contributed by atoms with Crippen LogP contribution in [0.2, 0.25) is 5.02 Å². The molecule has 0 spiro atoms. The van der Waals surface area contributed by atoms with Crippen molar-refractivity contribution >= 4 is 27.5 Å². The van der Waals surface area contributed by atoms with E-state index in [1.54, 1.807) is 0 Å². The molecule has 1 atom stereocenters. The minimum atomic E-state index is 0.215. The van der Waals surface area contributed by atoms with Crippen molar-refractivity contribution in [1.82, 2.24) is 5.32 Å². The molecule has 1 unspecified atom stereocenters. The molecule has 0 saturated heterocycles. The maximum Gasteiger partial charge on any atom is 0.0454 e. The van der Waals surface area contributed by atoms with E-state index in [0.717, 1.165) is 21.5 Å². The summed E-state index contributed by atoms with van der Waals surface area (Å²) < 4.78 is 1.05. The summed E-state index contributed by atoms with van der Waals surface area (Å²) in [5, 5.41) is 4.14. The standard InChI is InChI=1S/C16H17BrClN/c1-11-3-5-12(6-4-11)9-16(19-2)14-10-13(17)7-8-15(14)18/h3-8,10,16,19H,9H2,1-2H3. The van der Waals surface area contributed by atoms with Crippen LogP contribution < -0.4 is 5.32 Å². The summed E-state index contributed by atoms with van der Waals surface area (Å²) in [5.41, 5.74) is 3.71. The highest BCUT2D eigenvalue weighted by atomic mass is 79.9. The van der Waals surface area contributed by atoms with Gasteiger partial charge in [-0.3, -0.25) is 0 Å². The Hall–Kier alpha value is -0.830. The number of halogens is 2. The molecule has 0 radical (unpaired) electrons. The fourth-order valence-electron chi connectivity index (χ4n) is 2.11. The van der Waals surface area contributed by atoms with Crippen LogP contribution >= 0.6 is 27.5 Å². The van der Waals surface area contributed by atoms with Gasteiger partial charge in [-0.2, -0.15) is 0 Å². The summed E-state index contributed by atoms with van der Waals surface area (Å²) in [7, 11) is 1.97. The highest BCUT2D eigenvalue weighted by molar-refractivity contribution is 9.10. The molecule has 1 N–H and O–H groups in total. The van der Waals surface area contributed by atoms with Crippen molar-refractivity contribution in [2.24, 2.45) is 0 Å². The normalized spacial score (nSPS) is 12.4. The maximum atomic E-state index is 6.30. The molecule has 2 aromatic carbocycles. The maximum absolute atomic E-state index is 6.30. The topological polar surface area (TPSA) is 12.0 Å². The van der Waals surface area contributed by atoms with E-state index in [-0.39, 0.29) is 6.04 Å². The lowest BCUT2D eigenvalue weighted by Crippen LogP contribution is -2.19. The first kappa shape index (κ1) is 14.6. The van der Waals surface area contributed by atoms with Crippen LogP contribution in [0.5, 0.6) is 0 Å². The van der Waals surface area contributed by atoms with Gasteiger partial charge in [-0.1, -0.05) is 57.4 Å². The number of aryl methyl sites for hydroxylation is 1. The number of nitrogens with one attached hydrogen (secondary N) is 1. The average molecular weight is 339 g/mol. The van der Waals surface area contributed by atoms with Crippen molar-refractivity contribution in [1.29, 1.82) is 0 Å². The summed E-state index contributed by atoms with van der Waals surface area (Å²) in [6, 6.07) is 14.8. The van der Waals surface area contributed by atoms with E-state index < -0.39 is 0 Å². The molecular formula is C16H17BrClN. The van der Waals surface area contributed by atoms with Crippen LogP contribution in [-0.2, 0) is 6.42 Å². The number of benzene rings is 2. The van der Waals surface area contributed by atoms with Gasteiger partial charge in [0, 0.05) is 15.5 Å². The zero-order chi connectivity index (χ0) is 13.8. The Balaban J connectivity index is 2.24. The Morgan fingerprint density at radius 1 is 1.16 bits per heavy atom. The molecule has 0 bridgehead atoms. The lowest BCUT2D eigenvalue weighted by molar-refractivity contribution is 0.592. The van der Waals surface area contributed by atoms with E-state index in [0.29, 0.717) is 0 Å². The number of hydrogen-bond donors (Lipinski definition) is 1. The average Bonchev–Trinajstić information content (AvgIpc) is 2.41. The molecule has 3 heteroatoms. The molecule has 2 rings (SSSR count). The lowest BCUT2D eigenvalue weighted by atomic mass is 9.98. The highest BCUT2D eigenvalue weighted by Gasteiger charge is 2.14. The fraction of sp³-hybridized carbons (Fsp3) is 0.250. The summed E-state index contributed by atoms with van der Waals surface area (Å²) in [6.45, 7) is 2.10. The molecule has 0 amide bonds. The van der Waals surface area contributed by atoms with E-state index in [4.69, 9.17) is 11.6 Å². The molecule has 0 saturated carbocycles. The second kappa shape index (κ2) is 6.56. The van der Waals surface area contributed by atoms with Crippen LogP contribution in [0.4, 0.5) is 0 Å². The smallest absolute Gasteiger partial charge is 0.0454 e. The molecule has 19 heavy (non-hydrogen) atoms. The fourth-order valence-corrected chi connectivity index (χ4v) is 2.74. The largest absolute Gasteiger partial charge is 0.313 e. The first-order valence-electron chi connectivity index (χ1n) is 6.28. The molecule has 0 heterocycles. The molecule has 2 aromatic rings. The molecule has 1 nitrogen and oxygen atoms in total. The van der Waals surface area contributed by atoms with Gasteiger partial charge in [0.1, 0.15) is 0 Å². The second-order valence-corrected chi connectivity index (χ2v) is 6.02.